The predicted molar refractivity (Wildman–Crippen MR) is 158 cm³/mol. The number of ketones is 1. The molecule has 0 spiro atoms. The van der Waals surface area contributed by atoms with E-state index in [1.165, 1.54) is 70.6 Å². The lowest BCUT2D eigenvalue weighted by Crippen LogP contribution is -2.67. The van der Waals surface area contributed by atoms with Crippen molar-refractivity contribution in [2.75, 3.05) is 0 Å². The summed E-state index contributed by atoms with van der Waals surface area (Å²) in [6.45, 7) is 9.43. The van der Waals surface area contributed by atoms with Crippen molar-refractivity contribution >= 4 is 24.2 Å². The molecule has 2 heteroatoms. The molecule has 2 saturated carbocycles. The highest BCUT2D eigenvalue weighted by Gasteiger charge is 2.60. The molecular formula is C34H50OSi. The van der Waals surface area contributed by atoms with Gasteiger partial charge in [-0.1, -0.05) is 150 Å². The van der Waals surface area contributed by atoms with Crippen LogP contribution in [0.1, 0.15) is 111 Å². The van der Waals surface area contributed by atoms with Crippen molar-refractivity contribution in [1.29, 1.82) is 0 Å². The van der Waals surface area contributed by atoms with Crippen LogP contribution in [-0.4, -0.2) is 13.9 Å². The molecule has 2 aromatic carbocycles. The Balaban J connectivity index is 1.82. The number of carbonyl (C=O) groups is 1. The van der Waals surface area contributed by atoms with Crippen LogP contribution >= 0.6 is 0 Å². The van der Waals surface area contributed by atoms with Gasteiger partial charge in [-0.3, -0.25) is 4.79 Å². The molecule has 0 aliphatic heterocycles. The summed E-state index contributed by atoms with van der Waals surface area (Å²) in [5.41, 5.74) is 0.468. The van der Waals surface area contributed by atoms with Gasteiger partial charge < -0.3 is 0 Å². The molecule has 2 fully saturated rings. The number of hydrogen-bond acceptors (Lipinski definition) is 1. The molecule has 0 saturated heterocycles. The fourth-order valence-corrected chi connectivity index (χ4v) is 15.5. The topological polar surface area (TPSA) is 17.1 Å². The lowest BCUT2D eigenvalue weighted by Gasteiger charge is -2.49. The van der Waals surface area contributed by atoms with Crippen molar-refractivity contribution in [3.05, 3.63) is 60.7 Å². The van der Waals surface area contributed by atoms with E-state index < -0.39 is 8.07 Å². The van der Waals surface area contributed by atoms with Gasteiger partial charge in [0.15, 0.2) is 0 Å². The summed E-state index contributed by atoms with van der Waals surface area (Å²) < 4.78 is 0. The molecule has 36 heavy (non-hydrogen) atoms. The molecule has 3 atom stereocenters. The first-order valence-corrected chi connectivity index (χ1v) is 17.0. The highest BCUT2D eigenvalue weighted by atomic mass is 28.3. The number of Topliss-reactive ketones (excluding diaryl/α,β-unsaturated/α-hetero) is 1. The normalized spacial score (nSPS) is 26.8. The van der Waals surface area contributed by atoms with Gasteiger partial charge in [0.1, 0.15) is 13.9 Å². The minimum absolute atomic E-state index is 0.119. The minimum atomic E-state index is -2.24. The Hall–Kier alpha value is -1.67. The van der Waals surface area contributed by atoms with Crippen LogP contribution in [0.15, 0.2) is 60.7 Å². The molecule has 2 aliphatic carbocycles. The molecule has 196 valence electrons. The first-order valence-electron chi connectivity index (χ1n) is 14.9. The number of rotatable bonds is 4. The van der Waals surface area contributed by atoms with E-state index in [-0.39, 0.29) is 10.5 Å². The van der Waals surface area contributed by atoms with Gasteiger partial charge in [0, 0.05) is 5.41 Å². The van der Waals surface area contributed by atoms with E-state index >= 15 is 0 Å². The largest absolute Gasteiger partial charge is 0.299 e. The standard InChI is InChI=1S/C34H50OSi/c1-28(35)34-25-19-11-9-7-5-6-8-10-14-20-29(34)26-32(27-34)36(33(2,3)4,30-21-15-12-16-22-30)31-23-17-13-18-24-31/h12-13,15-18,21-24,29,32H,5-11,14,19-20,25-27H2,1-4H3/t29?,32-,34-/m1/s1. The van der Waals surface area contributed by atoms with E-state index in [0.29, 0.717) is 17.2 Å². The maximum atomic E-state index is 13.7. The summed E-state index contributed by atoms with van der Waals surface area (Å²) in [7, 11) is -2.24. The van der Waals surface area contributed by atoms with Crippen LogP contribution in [0.3, 0.4) is 0 Å². The average molecular weight is 503 g/mol. The zero-order valence-corrected chi connectivity index (χ0v) is 24.5. The summed E-state index contributed by atoms with van der Waals surface area (Å²) in [6.07, 6.45) is 16.7. The van der Waals surface area contributed by atoms with E-state index in [1.807, 2.05) is 6.92 Å². The second kappa shape index (κ2) is 11.8. The third-order valence-electron chi connectivity index (χ3n) is 10.1. The molecule has 0 heterocycles. The molecular weight excluding hydrogens is 452 g/mol. The molecule has 0 amide bonds. The number of hydrogen-bond donors (Lipinski definition) is 0. The lowest BCUT2D eigenvalue weighted by atomic mass is 9.69. The summed E-state index contributed by atoms with van der Waals surface area (Å²) in [5, 5.41) is 3.26. The molecule has 1 nitrogen and oxygen atoms in total. The quantitative estimate of drug-likeness (QED) is 0.382. The van der Waals surface area contributed by atoms with Crippen LogP contribution < -0.4 is 10.4 Å². The summed E-state index contributed by atoms with van der Waals surface area (Å²) in [4.78, 5) is 13.7. The van der Waals surface area contributed by atoms with Crippen LogP contribution in [0.5, 0.6) is 0 Å². The third-order valence-corrected chi connectivity index (χ3v) is 16.6. The summed E-state index contributed by atoms with van der Waals surface area (Å²) in [6, 6.07) is 23.0. The van der Waals surface area contributed by atoms with E-state index in [0.717, 1.165) is 12.8 Å². The molecule has 2 aromatic rings. The van der Waals surface area contributed by atoms with E-state index in [1.54, 1.807) is 10.4 Å². The highest BCUT2D eigenvalue weighted by molar-refractivity contribution is 7.05. The number of fused-ring (bicyclic) bond motifs is 1. The van der Waals surface area contributed by atoms with Gasteiger partial charge in [-0.05, 0) is 49.1 Å². The van der Waals surface area contributed by atoms with Crippen molar-refractivity contribution in [2.45, 2.75) is 122 Å². The van der Waals surface area contributed by atoms with Gasteiger partial charge >= 0.3 is 0 Å². The molecule has 1 unspecified atom stereocenters. The summed E-state index contributed by atoms with van der Waals surface area (Å²) >= 11 is 0. The molecule has 0 N–H and O–H groups in total. The zero-order chi connectivity index (χ0) is 25.7. The van der Waals surface area contributed by atoms with E-state index in [2.05, 4.69) is 81.4 Å². The van der Waals surface area contributed by atoms with Crippen LogP contribution in [0.25, 0.3) is 0 Å². The highest BCUT2D eigenvalue weighted by Crippen LogP contribution is 2.61. The van der Waals surface area contributed by atoms with Gasteiger partial charge in [-0.15, -0.1) is 0 Å². The van der Waals surface area contributed by atoms with Crippen molar-refractivity contribution in [2.24, 2.45) is 11.3 Å². The Bertz CT molecular complexity index is 920. The molecule has 0 aromatic heterocycles. The Morgan fingerprint density at radius 3 is 1.69 bits per heavy atom. The minimum Gasteiger partial charge on any atom is -0.299 e. The Morgan fingerprint density at radius 1 is 0.750 bits per heavy atom. The average Bonchev–Trinajstić information content (AvgIpc) is 3.23. The lowest BCUT2D eigenvalue weighted by molar-refractivity contribution is -0.129. The fraction of sp³-hybridized carbons (Fsp3) is 0.618. The van der Waals surface area contributed by atoms with Gasteiger partial charge in [0.2, 0.25) is 0 Å². The molecule has 0 bridgehead atoms. The first kappa shape index (κ1) is 27.4. The first-order chi connectivity index (χ1) is 17.3. The van der Waals surface area contributed by atoms with Crippen LogP contribution in [0, 0.1) is 11.3 Å². The van der Waals surface area contributed by atoms with Crippen LogP contribution in [-0.2, 0) is 4.79 Å². The third kappa shape index (κ3) is 5.31. The monoisotopic (exact) mass is 502 g/mol. The zero-order valence-electron chi connectivity index (χ0n) is 23.5. The smallest absolute Gasteiger partial charge is 0.136 e. The Morgan fingerprint density at radius 2 is 1.22 bits per heavy atom. The van der Waals surface area contributed by atoms with Crippen molar-refractivity contribution in [3.63, 3.8) is 0 Å². The SMILES string of the molecule is CC(=O)[C@]12CCCCCCCCCCCC1C[C@@H]([Si](c1ccccc1)(c1ccccc1)C(C)(C)C)C2. The van der Waals surface area contributed by atoms with Crippen molar-refractivity contribution < 1.29 is 4.79 Å². The van der Waals surface area contributed by atoms with Gasteiger partial charge in [0.05, 0.1) is 0 Å². The molecule has 0 radical (unpaired) electrons. The summed E-state index contributed by atoms with van der Waals surface area (Å²) in [5.74, 6) is 1.03. The predicted octanol–water partition coefficient (Wildman–Crippen LogP) is 8.71. The Kier molecular flexibility index (Phi) is 8.97. The van der Waals surface area contributed by atoms with Gasteiger partial charge in [0.25, 0.3) is 0 Å². The fourth-order valence-electron chi connectivity index (χ4n) is 8.48. The van der Waals surface area contributed by atoms with Crippen molar-refractivity contribution in [1.82, 2.24) is 0 Å². The van der Waals surface area contributed by atoms with Gasteiger partial charge in [-0.25, -0.2) is 0 Å². The van der Waals surface area contributed by atoms with Crippen molar-refractivity contribution in [3.8, 4) is 0 Å². The van der Waals surface area contributed by atoms with Crippen LogP contribution in [0.4, 0.5) is 0 Å². The number of benzene rings is 2. The Labute approximate surface area is 222 Å². The number of carbonyl (C=O) groups excluding carboxylic acids is 1. The van der Waals surface area contributed by atoms with Crippen LogP contribution in [0.2, 0.25) is 10.6 Å². The second-order valence-corrected chi connectivity index (χ2v) is 18.1. The molecule has 4 rings (SSSR count). The maximum Gasteiger partial charge on any atom is 0.136 e. The van der Waals surface area contributed by atoms with Gasteiger partial charge in [-0.2, -0.15) is 0 Å². The second-order valence-electron chi connectivity index (χ2n) is 13.1. The van der Waals surface area contributed by atoms with E-state index in [4.69, 9.17) is 0 Å². The maximum absolute atomic E-state index is 13.7. The van der Waals surface area contributed by atoms with E-state index in [9.17, 15) is 4.79 Å². The molecule has 2 aliphatic rings.